The number of aromatic nitrogens is 4. The number of halogens is 8. The maximum atomic E-state index is 13.2. The van der Waals surface area contributed by atoms with Gasteiger partial charge in [-0.3, -0.25) is 19.9 Å². The number of fused-ring (bicyclic) bond motifs is 2. The summed E-state index contributed by atoms with van der Waals surface area (Å²) in [7, 11) is -7.40. The molecule has 320 valence electrons. The molecule has 2 aliphatic carbocycles. The van der Waals surface area contributed by atoms with Crippen LogP contribution in [0.15, 0.2) is 107 Å². The average molecular weight is 897 g/mol. The molecule has 8 nitrogen and oxygen atoms in total. The minimum atomic E-state index is -4.52. The molecule has 0 amide bonds. The number of hydrogen-bond donors (Lipinski definition) is 0. The highest BCUT2D eigenvalue weighted by Gasteiger charge is 2.34. The fraction of sp³-hybridized carbons (Fsp3) is 0.182. The summed E-state index contributed by atoms with van der Waals surface area (Å²) in [5.74, 6) is -1.19. The minimum Gasteiger partial charge on any atom is -0.256 e. The Morgan fingerprint density at radius 3 is 1.18 bits per heavy atom. The SMILES string of the molecule is CCS(=O)(=O)c1cc(-c2ccc(F)cc2)cnc1C1=Cc2ncc(C(F)(F)F)cc2C1.CCS(=O)(=O)c1cc(-c2ccc(F)cc2)cnc1C1=Cc2ncc(C(F)(F)F)cc2C1. The van der Waals surface area contributed by atoms with E-state index in [0.717, 1.165) is 24.5 Å². The van der Waals surface area contributed by atoms with E-state index in [0.29, 0.717) is 55.9 Å². The van der Waals surface area contributed by atoms with Crippen molar-refractivity contribution in [3.05, 3.63) is 154 Å². The summed E-state index contributed by atoms with van der Waals surface area (Å²) < 4.78 is 156. The van der Waals surface area contributed by atoms with Crippen molar-refractivity contribution in [2.75, 3.05) is 11.5 Å². The summed E-state index contributed by atoms with van der Waals surface area (Å²) in [6.45, 7) is 3.00. The summed E-state index contributed by atoms with van der Waals surface area (Å²) in [6.07, 6.45) is -1.30. The van der Waals surface area contributed by atoms with E-state index < -0.39 is 54.8 Å². The monoisotopic (exact) mass is 896 g/mol. The standard InChI is InChI=1S/2C22H16F4N2O2S/c2*1-2-31(29,30)20-10-16(13-3-5-18(23)6-4-13)11-28-21(20)15-7-14-8-17(22(24,25)26)12-27-19(14)9-15/h2*3-6,8-12H,2,7H2,1H3. The molecule has 0 atom stereocenters. The number of sulfone groups is 2. The van der Waals surface area contributed by atoms with Crippen LogP contribution in [0, 0.1) is 11.6 Å². The van der Waals surface area contributed by atoms with Gasteiger partial charge in [0.25, 0.3) is 0 Å². The van der Waals surface area contributed by atoms with Crippen molar-refractivity contribution in [2.45, 2.75) is 48.8 Å². The molecule has 4 heterocycles. The van der Waals surface area contributed by atoms with Crippen LogP contribution in [0.25, 0.3) is 45.6 Å². The molecule has 4 aromatic heterocycles. The molecule has 6 aromatic rings. The quantitative estimate of drug-likeness (QED) is 0.139. The van der Waals surface area contributed by atoms with E-state index in [1.165, 1.54) is 86.9 Å². The van der Waals surface area contributed by atoms with Crippen LogP contribution in [0.4, 0.5) is 35.1 Å². The Morgan fingerprint density at radius 1 is 0.500 bits per heavy atom. The fourth-order valence-electron chi connectivity index (χ4n) is 6.80. The van der Waals surface area contributed by atoms with Crippen molar-refractivity contribution in [1.29, 1.82) is 0 Å². The molecule has 2 aromatic carbocycles. The van der Waals surface area contributed by atoms with Crippen LogP contribution in [0.5, 0.6) is 0 Å². The van der Waals surface area contributed by atoms with Gasteiger partial charge in [-0.1, -0.05) is 38.1 Å². The normalized spacial score (nSPS) is 13.8. The topological polar surface area (TPSA) is 120 Å². The van der Waals surface area contributed by atoms with Crippen molar-refractivity contribution in [1.82, 2.24) is 19.9 Å². The molecule has 0 N–H and O–H groups in total. The maximum absolute atomic E-state index is 13.2. The lowest BCUT2D eigenvalue weighted by Gasteiger charge is -2.12. The van der Waals surface area contributed by atoms with Crippen LogP contribution in [0.2, 0.25) is 0 Å². The van der Waals surface area contributed by atoms with Crippen molar-refractivity contribution < 1.29 is 52.0 Å². The summed E-state index contributed by atoms with van der Waals surface area (Å²) in [4.78, 5) is 16.4. The Balaban J connectivity index is 0.000000186. The number of alkyl halides is 6. The molecule has 2 aliphatic rings. The van der Waals surface area contributed by atoms with Gasteiger partial charge in [0.2, 0.25) is 0 Å². The number of rotatable bonds is 8. The molecule has 0 saturated heterocycles. The Morgan fingerprint density at radius 2 is 0.855 bits per heavy atom. The smallest absolute Gasteiger partial charge is 0.256 e. The fourth-order valence-corrected chi connectivity index (χ4v) is 8.99. The molecule has 62 heavy (non-hydrogen) atoms. The second kappa shape index (κ2) is 16.6. The van der Waals surface area contributed by atoms with E-state index >= 15 is 0 Å². The maximum Gasteiger partial charge on any atom is 0.417 e. The zero-order valence-electron chi connectivity index (χ0n) is 32.5. The van der Waals surface area contributed by atoms with Gasteiger partial charge in [-0.05, 0) is 94.1 Å². The Bertz CT molecular complexity index is 2800. The first kappa shape index (κ1) is 43.9. The van der Waals surface area contributed by atoms with Crippen LogP contribution in [-0.2, 0) is 44.9 Å². The van der Waals surface area contributed by atoms with Crippen molar-refractivity contribution in [3.63, 3.8) is 0 Å². The highest BCUT2D eigenvalue weighted by molar-refractivity contribution is 7.91. The van der Waals surface area contributed by atoms with Gasteiger partial charge in [0.05, 0.1) is 55.2 Å². The molecular formula is C44H32F8N4O4S2. The summed E-state index contributed by atoms with van der Waals surface area (Å²) in [5.41, 5.74) is 3.17. The molecule has 8 rings (SSSR count). The predicted octanol–water partition coefficient (Wildman–Crippen LogP) is 10.4. The van der Waals surface area contributed by atoms with Gasteiger partial charge < -0.3 is 0 Å². The molecule has 0 radical (unpaired) electrons. The largest absolute Gasteiger partial charge is 0.417 e. The number of hydrogen-bond acceptors (Lipinski definition) is 8. The molecule has 0 unspecified atom stereocenters. The molecule has 0 spiro atoms. The Hall–Kier alpha value is -6.14. The summed E-state index contributed by atoms with van der Waals surface area (Å²) >= 11 is 0. The molecule has 18 heteroatoms. The van der Waals surface area contributed by atoms with Gasteiger partial charge in [0.15, 0.2) is 19.7 Å². The van der Waals surface area contributed by atoms with Crippen LogP contribution in [-0.4, -0.2) is 48.3 Å². The van der Waals surface area contributed by atoms with Crippen LogP contribution >= 0.6 is 0 Å². The van der Waals surface area contributed by atoms with Gasteiger partial charge in [-0.25, -0.2) is 25.6 Å². The highest BCUT2D eigenvalue weighted by atomic mass is 32.2. The third-order valence-corrected chi connectivity index (χ3v) is 13.6. The highest BCUT2D eigenvalue weighted by Crippen LogP contribution is 2.39. The van der Waals surface area contributed by atoms with E-state index in [4.69, 9.17) is 0 Å². The number of nitrogens with zero attached hydrogens (tertiary/aromatic N) is 4. The zero-order chi connectivity index (χ0) is 44.8. The van der Waals surface area contributed by atoms with Gasteiger partial charge in [0.1, 0.15) is 11.6 Å². The van der Waals surface area contributed by atoms with Crippen LogP contribution < -0.4 is 0 Å². The lowest BCUT2D eigenvalue weighted by Crippen LogP contribution is -2.09. The minimum absolute atomic E-state index is 0.0214. The number of pyridine rings is 4. The number of allylic oxidation sites excluding steroid dienone is 2. The summed E-state index contributed by atoms with van der Waals surface area (Å²) in [5, 5.41) is 0. The van der Waals surface area contributed by atoms with E-state index in [9.17, 15) is 52.0 Å². The Kier molecular flexibility index (Phi) is 11.8. The van der Waals surface area contributed by atoms with Gasteiger partial charge in [0, 0.05) is 48.8 Å². The molecular weight excluding hydrogens is 865 g/mol. The first-order valence-electron chi connectivity index (χ1n) is 18.7. The van der Waals surface area contributed by atoms with Crippen LogP contribution in [0.3, 0.4) is 0 Å². The molecule has 0 saturated carbocycles. The van der Waals surface area contributed by atoms with E-state index in [2.05, 4.69) is 19.9 Å². The van der Waals surface area contributed by atoms with Crippen molar-refractivity contribution in [3.8, 4) is 22.3 Å². The van der Waals surface area contributed by atoms with E-state index in [1.807, 2.05) is 0 Å². The second-order valence-corrected chi connectivity index (χ2v) is 18.7. The molecule has 0 fully saturated rings. The second-order valence-electron chi connectivity index (χ2n) is 14.2. The first-order chi connectivity index (χ1) is 29.2. The van der Waals surface area contributed by atoms with Crippen LogP contribution in [0.1, 0.15) is 58.9 Å². The first-order valence-corrected chi connectivity index (χ1v) is 22.0. The molecule has 0 bridgehead atoms. The lowest BCUT2D eigenvalue weighted by molar-refractivity contribution is -0.138. The molecule has 0 aliphatic heterocycles. The van der Waals surface area contributed by atoms with E-state index in [-0.39, 0.29) is 45.5 Å². The zero-order valence-corrected chi connectivity index (χ0v) is 34.1. The van der Waals surface area contributed by atoms with Crippen molar-refractivity contribution in [2.24, 2.45) is 0 Å². The van der Waals surface area contributed by atoms with Crippen molar-refractivity contribution >= 4 is 43.0 Å². The van der Waals surface area contributed by atoms with Gasteiger partial charge >= 0.3 is 12.4 Å². The third kappa shape index (κ3) is 9.21. The van der Waals surface area contributed by atoms with Gasteiger partial charge in [-0.15, -0.1) is 0 Å². The lowest BCUT2D eigenvalue weighted by atomic mass is 10.0. The Labute approximate surface area is 350 Å². The summed E-state index contributed by atoms with van der Waals surface area (Å²) in [6, 6.07) is 16.1. The van der Waals surface area contributed by atoms with Gasteiger partial charge in [-0.2, -0.15) is 26.3 Å². The van der Waals surface area contributed by atoms with E-state index in [1.54, 1.807) is 12.2 Å². The third-order valence-electron chi connectivity index (χ3n) is 10.1. The average Bonchev–Trinajstić information content (AvgIpc) is 3.88. The predicted molar refractivity (Wildman–Crippen MR) is 216 cm³/mol. The number of benzene rings is 2.